The van der Waals surface area contributed by atoms with Gasteiger partial charge in [-0.1, -0.05) is 97.1 Å². The molecule has 2 aromatic heterocycles. The van der Waals surface area contributed by atoms with Gasteiger partial charge in [0.2, 0.25) is 7.29 Å². The van der Waals surface area contributed by atoms with E-state index in [1.165, 1.54) is 0 Å². The fourth-order valence-electron chi connectivity index (χ4n) is 8.08. The lowest BCUT2D eigenvalue weighted by molar-refractivity contribution is 0.586. The highest BCUT2D eigenvalue weighted by atomic mass is 31.2. The fraction of sp³-hybridized carbons (Fsp3) is 0.0417. The van der Waals surface area contributed by atoms with Crippen molar-refractivity contribution >= 4 is 29.3 Å². The number of hydrogen-bond acceptors (Lipinski definition) is 3. The maximum atomic E-state index is 16.0. The molecule has 252 valence electrons. The first-order valence-corrected chi connectivity index (χ1v) is 19.6. The molecule has 0 radical (unpaired) electrons. The molecule has 0 N–H and O–H groups in total. The molecule has 4 heterocycles. The Morgan fingerprint density at radius 3 is 1.19 bits per heavy atom. The van der Waals surface area contributed by atoms with Gasteiger partial charge in [-0.3, -0.25) is 19.2 Å². The Morgan fingerprint density at radius 1 is 0.396 bits per heavy atom. The lowest BCUT2D eigenvalue weighted by Gasteiger charge is -2.44. The highest BCUT2D eigenvalue weighted by Crippen LogP contribution is 2.66. The van der Waals surface area contributed by atoms with Crippen LogP contribution in [0.2, 0.25) is 0 Å². The van der Waals surface area contributed by atoms with Gasteiger partial charge < -0.3 is 0 Å². The number of aryl methyl sites for hydroxylation is 2. The number of fused-ring (bicyclic) bond motifs is 11. The third-order valence-electron chi connectivity index (χ3n) is 10.6. The molecule has 2 aliphatic heterocycles. The van der Waals surface area contributed by atoms with Crippen LogP contribution in [0.3, 0.4) is 0 Å². The molecule has 0 saturated carbocycles. The minimum atomic E-state index is -3.30. The molecule has 0 unspecified atom stereocenters. The van der Waals surface area contributed by atoms with Crippen molar-refractivity contribution in [2.75, 3.05) is 4.67 Å². The van der Waals surface area contributed by atoms with Gasteiger partial charge in [-0.15, -0.1) is 0 Å². The van der Waals surface area contributed by atoms with E-state index in [2.05, 4.69) is 162 Å². The second-order valence-corrected chi connectivity index (χ2v) is 16.6. The Kier molecular flexibility index (Phi) is 7.18. The zero-order chi connectivity index (χ0) is 35.7. The molecule has 2 aliphatic rings. The molecule has 5 heteroatoms. The van der Waals surface area contributed by atoms with Crippen molar-refractivity contribution in [1.29, 1.82) is 0 Å². The molecule has 0 fully saturated rings. The summed E-state index contributed by atoms with van der Waals surface area (Å²) in [6, 6.07) is 51.4. The normalized spacial score (nSPS) is 13.3. The Hall–Kier alpha value is -6.35. The van der Waals surface area contributed by atoms with Crippen LogP contribution in [0.25, 0.3) is 66.8 Å². The van der Waals surface area contributed by atoms with E-state index in [1.807, 2.05) is 36.9 Å². The molecule has 53 heavy (non-hydrogen) atoms. The summed E-state index contributed by atoms with van der Waals surface area (Å²) in [5.41, 5.74) is 17.3. The van der Waals surface area contributed by atoms with E-state index < -0.39 is 7.29 Å². The van der Waals surface area contributed by atoms with Crippen molar-refractivity contribution < 1.29 is 4.57 Å². The minimum Gasteiger partial charge on any atom is -0.289 e. The number of nitrogens with zero attached hydrogens (tertiary/aromatic N) is 3. The van der Waals surface area contributed by atoms with Crippen molar-refractivity contribution in [1.82, 2.24) is 9.97 Å². The number of pyridine rings is 2. The van der Waals surface area contributed by atoms with Gasteiger partial charge in [0.1, 0.15) is 0 Å². The van der Waals surface area contributed by atoms with Gasteiger partial charge >= 0.3 is 0 Å². The van der Waals surface area contributed by atoms with Crippen LogP contribution in [0.15, 0.2) is 170 Å². The summed E-state index contributed by atoms with van der Waals surface area (Å²) >= 11 is 0. The Bertz CT molecular complexity index is 2600. The Morgan fingerprint density at radius 2 is 0.774 bits per heavy atom. The van der Waals surface area contributed by atoms with Gasteiger partial charge in [0.05, 0.1) is 11.4 Å². The zero-order valence-electron chi connectivity index (χ0n) is 29.4. The van der Waals surface area contributed by atoms with Gasteiger partial charge in [0, 0.05) is 57.7 Å². The minimum absolute atomic E-state index is 0.871. The average molecular weight is 700 g/mol. The topological polar surface area (TPSA) is 46.1 Å². The highest BCUT2D eigenvalue weighted by molar-refractivity contribution is 7.81. The van der Waals surface area contributed by atoms with Crippen molar-refractivity contribution in [3.8, 4) is 66.8 Å². The van der Waals surface area contributed by atoms with E-state index in [4.69, 9.17) is 0 Å². The van der Waals surface area contributed by atoms with Crippen molar-refractivity contribution in [3.05, 3.63) is 182 Å². The molecular weight excluding hydrogens is 666 g/mol. The second-order valence-electron chi connectivity index (χ2n) is 14.0. The molecule has 0 aliphatic carbocycles. The maximum absolute atomic E-state index is 16.0. The van der Waals surface area contributed by atoms with E-state index in [1.54, 1.807) is 0 Å². The molecular formula is C48H34N3OP. The summed E-state index contributed by atoms with van der Waals surface area (Å²) in [5.74, 6) is 0. The standard InChI is InChI=1S/C48H34N3OP/c1-31-23-39(29-49-27-31)35-15-11-33(12-16-35)37-19-21-45-43(25-37)41-7-3-5-9-47(41)53(52)48-10-6-4-8-42(48)44-26-38(20-22-46(44)51(45)53)34-13-17-36(18-14-34)40-24-32(2)28-50-30-40/h3-30H,1-2H3. The fourth-order valence-corrected chi connectivity index (χ4v) is 11.3. The Labute approximate surface area is 309 Å². The van der Waals surface area contributed by atoms with E-state index >= 15 is 4.57 Å². The number of aromatic nitrogens is 2. The quantitative estimate of drug-likeness (QED) is 0.172. The first kappa shape index (κ1) is 31.4. The number of rotatable bonds is 4. The third kappa shape index (κ3) is 5.02. The first-order valence-electron chi connectivity index (χ1n) is 17.9. The third-order valence-corrected chi connectivity index (χ3v) is 13.7. The summed E-state index contributed by atoms with van der Waals surface area (Å²) in [6.07, 6.45) is 7.58. The number of anilines is 2. The molecule has 0 amide bonds. The SMILES string of the molecule is Cc1cncc(-c2ccc(-c3ccc4c(c3)-c3ccccc3P3(=O)c5ccccc5-c5cc(-c6ccc(-c7cncc(C)c7)cc6)ccc5N43)cc2)c1. The monoisotopic (exact) mass is 699 g/mol. The highest BCUT2D eigenvalue weighted by Gasteiger charge is 2.47. The van der Waals surface area contributed by atoms with Crippen molar-refractivity contribution in [2.45, 2.75) is 13.8 Å². The summed E-state index contributed by atoms with van der Waals surface area (Å²) in [7, 11) is -3.30. The first-order chi connectivity index (χ1) is 26.0. The number of benzene rings is 6. The predicted octanol–water partition coefficient (Wildman–Crippen LogP) is 11.8. The van der Waals surface area contributed by atoms with Crippen LogP contribution in [-0.2, 0) is 4.57 Å². The van der Waals surface area contributed by atoms with E-state index in [9.17, 15) is 0 Å². The van der Waals surface area contributed by atoms with Crippen LogP contribution >= 0.6 is 7.29 Å². The molecule has 6 aromatic carbocycles. The maximum Gasteiger partial charge on any atom is 0.235 e. The van der Waals surface area contributed by atoms with Crippen LogP contribution in [0, 0.1) is 13.8 Å². The predicted molar refractivity (Wildman–Crippen MR) is 220 cm³/mol. The van der Waals surface area contributed by atoms with Crippen molar-refractivity contribution in [3.63, 3.8) is 0 Å². The average Bonchev–Trinajstić information content (AvgIpc) is 3.21. The zero-order valence-corrected chi connectivity index (χ0v) is 30.3. The molecule has 0 saturated heterocycles. The van der Waals surface area contributed by atoms with Gasteiger partial charge in [-0.2, -0.15) is 0 Å². The molecule has 4 nitrogen and oxygen atoms in total. The van der Waals surface area contributed by atoms with Gasteiger partial charge in [0.15, 0.2) is 0 Å². The summed E-state index contributed by atoms with van der Waals surface area (Å²) in [4.78, 5) is 8.77. The van der Waals surface area contributed by atoms with Crippen LogP contribution in [0.4, 0.5) is 11.4 Å². The van der Waals surface area contributed by atoms with Crippen molar-refractivity contribution in [2.24, 2.45) is 0 Å². The van der Waals surface area contributed by atoms with E-state index in [-0.39, 0.29) is 0 Å². The summed E-state index contributed by atoms with van der Waals surface area (Å²) in [5, 5.41) is 1.74. The lowest BCUT2D eigenvalue weighted by Crippen LogP contribution is -2.37. The molecule has 8 aromatic rings. The lowest BCUT2D eigenvalue weighted by atomic mass is 9.94. The molecule has 0 bridgehead atoms. The van der Waals surface area contributed by atoms with Crippen LogP contribution < -0.4 is 15.3 Å². The molecule has 0 atom stereocenters. The van der Waals surface area contributed by atoms with Gasteiger partial charge in [-0.05, 0) is 118 Å². The second kappa shape index (κ2) is 12.1. The Balaban J connectivity index is 1.10. The van der Waals surface area contributed by atoms with Gasteiger partial charge in [-0.25, -0.2) is 0 Å². The van der Waals surface area contributed by atoms with Crippen LogP contribution in [-0.4, -0.2) is 9.97 Å². The van der Waals surface area contributed by atoms with E-state index in [0.29, 0.717) is 0 Å². The van der Waals surface area contributed by atoms with Crippen LogP contribution in [0.5, 0.6) is 0 Å². The van der Waals surface area contributed by atoms with Crippen LogP contribution in [0.1, 0.15) is 11.1 Å². The number of hydrogen-bond donors (Lipinski definition) is 0. The largest absolute Gasteiger partial charge is 0.289 e. The van der Waals surface area contributed by atoms with E-state index in [0.717, 1.165) is 99.9 Å². The smallest absolute Gasteiger partial charge is 0.235 e. The molecule has 10 rings (SSSR count). The summed E-state index contributed by atoms with van der Waals surface area (Å²) < 4.78 is 18.2. The summed E-state index contributed by atoms with van der Waals surface area (Å²) in [6.45, 7) is 4.13. The van der Waals surface area contributed by atoms with Gasteiger partial charge in [0.25, 0.3) is 0 Å². The molecule has 0 spiro atoms.